The Kier molecular flexibility index (Phi) is 39.8. The summed E-state index contributed by atoms with van der Waals surface area (Å²) in [4.78, 5) is 23.0. The fourth-order valence-electron chi connectivity index (χ4n) is 6.69. The average Bonchev–Trinajstić information content (AvgIpc) is 3.17. The van der Waals surface area contributed by atoms with E-state index in [0.717, 1.165) is 51.4 Å². The van der Waals surface area contributed by atoms with Crippen molar-refractivity contribution in [2.75, 3.05) is 40.9 Å². The second-order valence-electron chi connectivity index (χ2n) is 17.5. The van der Waals surface area contributed by atoms with Crippen LogP contribution in [0.4, 0.5) is 0 Å². The van der Waals surface area contributed by atoms with Crippen molar-refractivity contribution in [2.45, 2.75) is 219 Å². The van der Waals surface area contributed by atoms with Gasteiger partial charge < -0.3 is 19.8 Å². The highest BCUT2D eigenvalue weighted by atomic mass is 31.2. The van der Waals surface area contributed by atoms with E-state index in [-0.39, 0.29) is 19.1 Å². The van der Waals surface area contributed by atoms with Crippen LogP contribution in [-0.2, 0) is 18.4 Å². The first-order chi connectivity index (χ1) is 28.0. The molecular weight excluding hydrogens is 744 g/mol. The number of nitrogens with zero attached hydrogens (tertiary/aromatic N) is 1. The van der Waals surface area contributed by atoms with Gasteiger partial charge in [0.15, 0.2) is 0 Å². The number of carbonyl (C=O) groups excluding carboxylic acids is 1. The molecule has 3 unspecified atom stereocenters. The Balaban J connectivity index is 4.01. The van der Waals surface area contributed by atoms with Crippen molar-refractivity contribution >= 4 is 13.7 Å². The largest absolute Gasteiger partial charge is 0.472 e. The molecule has 1 amide bonds. The molecular formula is C49H94N2O6P+. The second kappa shape index (κ2) is 40.8. The number of hydrogen-bond acceptors (Lipinski definition) is 5. The molecule has 3 N–H and O–H groups in total. The predicted molar refractivity (Wildman–Crippen MR) is 249 cm³/mol. The Morgan fingerprint density at radius 1 is 0.586 bits per heavy atom. The van der Waals surface area contributed by atoms with E-state index in [1.54, 1.807) is 6.08 Å². The summed E-state index contributed by atoms with van der Waals surface area (Å²) in [7, 11) is 1.57. The monoisotopic (exact) mass is 838 g/mol. The minimum Gasteiger partial charge on any atom is -0.387 e. The summed E-state index contributed by atoms with van der Waals surface area (Å²) >= 11 is 0. The molecule has 340 valence electrons. The van der Waals surface area contributed by atoms with Gasteiger partial charge in [0.25, 0.3) is 0 Å². The van der Waals surface area contributed by atoms with Gasteiger partial charge in [0.1, 0.15) is 13.2 Å². The highest BCUT2D eigenvalue weighted by molar-refractivity contribution is 7.47. The molecule has 0 aromatic carbocycles. The summed E-state index contributed by atoms with van der Waals surface area (Å²) in [6, 6.07) is -0.844. The molecule has 0 fully saturated rings. The number of phosphoric ester groups is 1. The van der Waals surface area contributed by atoms with Crippen molar-refractivity contribution in [3.63, 3.8) is 0 Å². The Morgan fingerprint density at radius 3 is 1.43 bits per heavy atom. The topological polar surface area (TPSA) is 105 Å². The van der Waals surface area contributed by atoms with Crippen molar-refractivity contribution in [1.82, 2.24) is 5.32 Å². The number of aliphatic hydroxyl groups excluding tert-OH is 1. The summed E-state index contributed by atoms with van der Waals surface area (Å²) in [6.45, 7) is 4.74. The van der Waals surface area contributed by atoms with Crippen molar-refractivity contribution in [1.29, 1.82) is 0 Å². The van der Waals surface area contributed by atoms with Crippen LogP contribution in [0.2, 0.25) is 0 Å². The number of allylic oxidation sites excluding steroid dienone is 7. The van der Waals surface area contributed by atoms with Crippen LogP contribution < -0.4 is 5.32 Å². The lowest BCUT2D eigenvalue weighted by molar-refractivity contribution is -0.870. The number of amides is 1. The minimum atomic E-state index is -4.33. The normalized spacial score (nSPS) is 14.7. The Labute approximate surface area is 359 Å². The molecule has 3 atom stereocenters. The Hall–Kier alpha value is -1.54. The zero-order valence-electron chi connectivity index (χ0n) is 38.5. The van der Waals surface area contributed by atoms with E-state index in [0.29, 0.717) is 17.4 Å². The van der Waals surface area contributed by atoms with Crippen LogP contribution in [0.1, 0.15) is 206 Å². The number of likely N-dealkylation sites (N-methyl/N-ethyl adjacent to an activating group) is 1. The molecule has 0 spiro atoms. The average molecular weight is 838 g/mol. The van der Waals surface area contributed by atoms with Gasteiger partial charge in [-0.05, 0) is 57.8 Å². The summed E-state index contributed by atoms with van der Waals surface area (Å²) in [5.41, 5.74) is 0. The van der Waals surface area contributed by atoms with Gasteiger partial charge >= 0.3 is 7.82 Å². The van der Waals surface area contributed by atoms with Crippen LogP contribution >= 0.6 is 7.82 Å². The lowest BCUT2D eigenvalue weighted by Crippen LogP contribution is -2.45. The van der Waals surface area contributed by atoms with Crippen LogP contribution in [0.3, 0.4) is 0 Å². The third-order valence-corrected chi connectivity index (χ3v) is 11.5. The van der Waals surface area contributed by atoms with Crippen LogP contribution in [0.5, 0.6) is 0 Å². The molecule has 0 aliphatic rings. The fraction of sp³-hybridized carbons (Fsp3) is 0.816. The predicted octanol–water partition coefficient (Wildman–Crippen LogP) is 13.6. The molecule has 0 rings (SSSR count). The maximum absolute atomic E-state index is 12.8. The summed E-state index contributed by atoms with van der Waals surface area (Å²) in [6.07, 6.45) is 52.2. The van der Waals surface area contributed by atoms with Gasteiger partial charge in [-0.25, -0.2) is 4.57 Å². The molecule has 8 nitrogen and oxygen atoms in total. The van der Waals surface area contributed by atoms with Gasteiger partial charge in [-0.1, -0.05) is 191 Å². The van der Waals surface area contributed by atoms with E-state index in [1.165, 1.54) is 135 Å². The fourth-order valence-corrected chi connectivity index (χ4v) is 7.43. The van der Waals surface area contributed by atoms with Gasteiger partial charge in [0, 0.05) is 6.42 Å². The van der Waals surface area contributed by atoms with E-state index in [9.17, 15) is 19.4 Å². The van der Waals surface area contributed by atoms with E-state index in [1.807, 2.05) is 27.2 Å². The van der Waals surface area contributed by atoms with Crippen LogP contribution in [-0.4, -0.2) is 73.4 Å². The van der Waals surface area contributed by atoms with Crippen LogP contribution in [0.25, 0.3) is 0 Å². The number of carbonyl (C=O) groups is 1. The minimum absolute atomic E-state index is 0.0602. The molecule has 0 saturated carbocycles. The number of hydrogen-bond donors (Lipinski definition) is 3. The highest BCUT2D eigenvalue weighted by Crippen LogP contribution is 2.43. The number of unbranched alkanes of at least 4 members (excludes halogenated alkanes) is 24. The van der Waals surface area contributed by atoms with Gasteiger partial charge in [-0.3, -0.25) is 13.8 Å². The first-order valence-corrected chi connectivity index (χ1v) is 25.5. The molecule has 0 aromatic heterocycles. The van der Waals surface area contributed by atoms with E-state index in [4.69, 9.17) is 9.05 Å². The molecule has 0 saturated heterocycles. The van der Waals surface area contributed by atoms with E-state index < -0.39 is 20.0 Å². The molecule has 0 aromatic rings. The van der Waals surface area contributed by atoms with Crippen molar-refractivity contribution in [3.8, 4) is 0 Å². The van der Waals surface area contributed by atoms with Crippen LogP contribution in [0.15, 0.2) is 48.6 Å². The van der Waals surface area contributed by atoms with Crippen molar-refractivity contribution < 1.29 is 32.9 Å². The number of quaternary nitrogens is 1. The number of aliphatic hydroxyl groups is 1. The van der Waals surface area contributed by atoms with Gasteiger partial charge in [0.05, 0.1) is 39.9 Å². The number of rotatable bonds is 43. The molecule has 0 radical (unpaired) electrons. The van der Waals surface area contributed by atoms with Gasteiger partial charge in [-0.2, -0.15) is 0 Å². The quantitative estimate of drug-likeness (QED) is 0.0244. The Bertz CT molecular complexity index is 1090. The zero-order chi connectivity index (χ0) is 42.8. The lowest BCUT2D eigenvalue weighted by Gasteiger charge is -2.25. The summed E-state index contributed by atoms with van der Waals surface area (Å²) in [5.74, 6) is -0.183. The highest BCUT2D eigenvalue weighted by Gasteiger charge is 2.27. The second-order valence-corrected chi connectivity index (χ2v) is 18.9. The molecule has 0 heterocycles. The molecule has 9 heteroatoms. The first kappa shape index (κ1) is 56.5. The standard InChI is InChI=1S/C49H93N2O6P/c1-6-8-10-12-14-15-16-17-18-19-20-21-22-23-24-25-26-27-28-29-30-31-32-33-34-35-37-39-41-43-49(53)50-47(48(52)42-40-38-36-13-11-9-7-2)46-57-58(54,55)56-45-44-51(3,4)5/h16-17,19-20,22-23,40,42,47-48,52H,6-15,18,21,24-39,41,43-46H2,1-5H3,(H-,50,53,54,55)/p+1/b17-16-,20-19-,23-22-,42-40+. The zero-order valence-corrected chi connectivity index (χ0v) is 39.4. The third-order valence-electron chi connectivity index (χ3n) is 10.5. The van der Waals surface area contributed by atoms with Crippen molar-refractivity contribution in [2.24, 2.45) is 0 Å². The van der Waals surface area contributed by atoms with E-state index >= 15 is 0 Å². The summed E-state index contributed by atoms with van der Waals surface area (Å²) in [5, 5.41) is 13.7. The van der Waals surface area contributed by atoms with Crippen LogP contribution in [0, 0.1) is 0 Å². The molecule has 58 heavy (non-hydrogen) atoms. The third kappa shape index (κ3) is 42.6. The molecule has 0 aliphatic carbocycles. The van der Waals surface area contributed by atoms with Gasteiger partial charge in [0.2, 0.25) is 5.91 Å². The van der Waals surface area contributed by atoms with Gasteiger partial charge in [-0.15, -0.1) is 0 Å². The van der Waals surface area contributed by atoms with E-state index in [2.05, 4.69) is 55.6 Å². The molecule has 0 aliphatic heterocycles. The smallest absolute Gasteiger partial charge is 0.387 e. The summed E-state index contributed by atoms with van der Waals surface area (Å²) < 4.78 is 23.4. The Morgan fingerprint density at radius 2 is 0.983 bits per heavy atom. The maximum atomic E-state index is 12.8. The maximum Gasteiger partial charge on any atom is 0.472 e. The first-order valence-electron chi connectivity index (χ1n) is 24.0. The number of phosphoric acid groups is 1. The van der Waals surface area contributed by atoms with Crippen molar-refractivity contribution in [3.05, 3.63) is 48.6 Å². The lowest BCUT2D eigenvalue weighted by atomic mass is 10.0. The SMILES string of the molecule is CCCCCCC/C=C\C/C=C\C/C=C\CCCCCCCCCCCCCCCCC(=O)NC(COP(=O)(O)OCC[N+](C)(C)C)C(O)/C=C/CCCCCCC. The number of nitrogens with one attached hydrogen (secondary N) is 1. The molecule has 0 bridgehead atoms.